The number of nitrogen functional groups attached to an aromatic ring is 1. The molecule has 0 aliphatic rings. The zero-order chi connectivity index (χ0) is 17.5. The quantitative estimate of drug-likeness (QED) is 0.555. The Hall–Kier alpha value is -2.81. The summed E-state index contributed by atoms with van der Waals surface area (Å²) in [7, 11) is 0. The third kappa shape index (κ3) is 5.13. The lowest BCUT2D eigenvalue weighted by Crippen LogP contribution is -2.26. The van der Waals surface area contributed by atoms with Gasteiger partial charge in [0, 0.05) is 12.1 Å². The van der Waals surface area contributed by atoms with E-state index in [0.29, 0.717) is 25.0 Å². The third-order valence-electron chi connectivity index (χ3n) is 3.33. The number of aromatic nitrogens is 3. The number of nitrogens with zero attached hydrogens (tertiary/aromatic N) is 4. The van der Waals surface area contributed by atoms with E-state index < -0.39 is 4.92 Å². The maximum atomic E-state index is 10.6. The summed E-state index contributed by atoms with van der Waals surface area (Å²) < 4.78 is 5.67. The van der Waals surface area contributed by atoms with Crippen molar-refractivity contribution < 1.29 is 9.66 Å². The summed E-state index contributed by atoms with van der Waals surface area (Å²) in [6, 6.07) is 6.31. The van der Waals surface area contributed by atoms with Crippen LogP contribution in [0.15, 0.2) is 24.3 Å². The van der Waals surface area contributed by atoms with E-state index >= 15 is 0 Å². The Bertz CT molecular complexity index is 672. The highest BCUT2D eigenvalue weighted by Gasteiger charge is 2.10. The highest BCUT2D eigenvalue weighted by molar-refractivity contribution is 5.33. The summed E-state index contributed by atoms with van der Waals surface area (Å²) in [5.74, 6) is 1.14. The molecule has 9 heteroatoms. The maximum Gasteiger partial charge on any atom is 0.269 e. The molecule has 0 amide bonds. The van der Waals surface area contributed by atoms with Crippen LogP contribution in [0.2, 0.25) is 0 Å². The van der Waals surface area contributed by atoms with Gasteiger partial charge < -0.3 is 15.8 Å². The van der Waals surface area contributed by atoms with Gasteiger partial charge in [-0.25, -0.2) is 0 Å². The number of hydrogen-bond acceptors (Lipinski definition) is 8. The monoisotopic (exact) mass is 332 g/mol. The number of ether oxygens (including phenoxy) is 1. The van der Waals surface area contributed by atoms with Crippen molar-refractivity contribution in [1.82, 2.24) is 15.0 Å². The Kier molecular flexibility index (Phi) is 5.96. The summed E-state index contributed by atoms with van der Waals surface area (Å²) in [4.78, 5) is 22.3. The molecule has 3 N–H and O–H groups in total. The number of rotatable bonds is 8. The van der Waals surface area contributed by atoms with E-state index in [1.54, 1.807) is 19.1 Å². The van der Waals surface area contributed by atoms with E-state index in [0.717, 1.165) is 12.0 Å². The summed E-state index contributed by atoms with van der Waals surface area (Å²) in [5, 5.41) is 13.8. The lowest BCUT2D eigenvalue weighted by atomic mass is 10.2. The van der Waals surface area contributed by atoms with Crippen LogP contribution in [-0.4, -0.2) is 32.5 Å². The Morgan fingerprint density at radius 3 is 2.58 bits per heavy atom. The number of anilines is 2. The van der Waals surface area contributed by atoms with E-state index in [-0.39, 0.29) is 17.7 Å². The SMILES string of the molecule is CCC(COCc1ccc([N+](=O)[O-])cc1)Nc1nc(C)nc(N)n1. The highest BCUT2D eigenvalue weighted by Crippen LogP contribution is 2.13. The fraction of sp³-hybridized carbons (Fsp3) is 0.400. The number of hydrogen-bond donors (Lipinski definition) is 2. The normalized spacial score (nSPS) is 11.9. The van der Waals surface area contributed by atoms with Crippen LogP contribution in [0, 0.1) is 17.0 Å². The van der Waals surface area contributed by atoms with E-state index in [1.807, 2.05) is 6.92 Å². The van der Waals surface area contributed by atoms with E-state index in [1.165, 1.54) is 12.1 Å². The van der Waals surface area contributed by atoms with Crippen LogP contribution in [-0.2, 0) is 11.3 Å². The minimum Gasteiger partial charge on any atom is -0.375 e. The van der Waals surface area contributed by atoms with Crippen molar-refractivity contribution >= 4 is 17.6 Å². The van der Waals surface area contributed by atoms with Gasteiger partial charge in [0.2, 0.25) is 11.9 Å². The average molecular weight is 332 g/mol. The van der Waals surface area contributed by atoms with Gasteiger partial charge in [0.05, 0.1) is 24.2 Å². The number of nitrogens with two attached hydrogens (primary N) is 1. The van der Waals surface area contributed by atoms with Crippen molar-refractivity contribution in [3.63, 3.8) is 0 Å². The molecule has 0 fully saturated rings. The average Bonchev–Trinajstić information content (AvgIpc) is 2.53. The lowest BCUT2D eigenvalue weighted by Gasteiger charge is -2.17. The van der Waals surface area contributed by atoms with E-state index in [9.17, 15) is 10.1 Å². The molecule has 0 saturated carbocycles. The Morgan fingerprint density at radius 2 is 2.00 bits per heavy atom. The largest absolute Gasteiger partial charge is 0.375 e. The summed E-state index contributed by atoms with van der Waals surface area (Å²) in [6.07, 6.45) is 0.810. The predicted octanol–water partition coefficient (Wildman–Crippen LogP) is 2.08. The second kappa shape index (κ2) is 8.16. The number of non-ortho nitro benzene ring substituents is 1. The van der Waals surface area contributed by atoms with E-state index in [2.05, 4.69) is 20.3 Å². The van der Waals surface area contributed by atoms with Crippen LogP contribution in [0.1, 0.15) is 24.7 Å². The highest BCUT2D eigenvalue weighted by atomic mass is 16.6. The summed E-state index contributed by atoms with van der Waals surface area (Å²) in [6.45, 7) is 4.58. The molecule has 128 valence electrons. The molecule has 1 aromatic carbocycles. The number of aryl methyl sites for hydroxylation is 1. The van der Waals surface area contributed by atoms with Gasteiger partial charge in [-0.05, 0) is 31.0 Å². The van der Waals surface area contributed by atoms with Gasteiger partial charge >= 0.3 is 0 Å². The second-order valence-corrected chi connectivity index (χ2v) is 5.25. The van der Waals surface area contributed by atoms with E-state index in [4.69, 9.17) is 10.5 Å². The van der Waals surface area contributed by atoms with Crippen LogP contribution in [0.3, 0.4) is 0 Å². The molecule has 0 spiro atoms. The topological polar surface area (TPSA) is 129 Å². The van der Waals surface area contributed by atoms with Gasteiger partial charge in [-0.1, -0.05) is 6.92 Å². The molecule has 2 aromatic rings. The minimum atomic E-state index is -0.427. The lowest BCUT2D eigenvalue weighted by molar-refractivity contribution is -0.384. The molecule has 1 atom stereocenters. The van der Waals surface area contributed by atoms with Crippen molar-refractivity contribution in [1.29, 1.82) is 0 Å². The first kappa shape index (κ1) is 17.5. The Morgan fingerprint density at radius 1 is 1.29 bits per heavy atom. The molecule has 0 radical (unpaired) electrons. The second-order valence-electron chi connectivity index (χ2n) is 5.25. The number of benzene rings is 1. The third-order valence-corrected chi connectivity index (χ3v) is 3.33. The van der Waals surface area contributed by atoms with Crippen LogP contribution < -0.4 is 11.1 Å². The van der Waals surface area contributed by atoms with Crippen molar-refractivity contribution in [2.75, 3.05) is 17.7 Å². The van der Waals surface area contributed by atoms with Crippen LogP contribution in [0.25, 0.3) is 0 Å². The van der Waals surface area contributed by atoms with Crippen LogP contribution >= 0.6 is 0 Å². The van der Waals surface area contributed by atoms with Crippen molar-refractivity contribution in [3.8, 4) is 0 Å². The van der Waals surface area contributed by atoms with Crippen molar-refractivity contribution in [2.24, 2.45) is 0 Å². The smallest absolute Gasteiger partial charge is 0.269 e. The Labute approximate surface area is 139 Å². The predicted molar refractivity (Wildman–Crippen MR) is 89.4 cm³/mol. The van der Waals surface area contributed by atoms with Gasteiger partial charge in [-0.15, -0.1) is 0 Å². The van der Waals surface area contributed by atoms with Gasteiger partial charge in [0.25, 0.3) is 5.69 Å². The maximum absolute atomic E-state index is 10.6. The zero-order valence-corrected chi connectivity index (χ0v) is 13.6. The first-order valence-electron chi connectivity index (χ1n) is 7.53. The molecule has 1 heterocycles. The summed E-state index contributed by atoms with van der Waals surface area (Å²) >= 11 is 0. The zero-order valence-electron chi connectivity index (χ0n) is 13.6. The molecule has 2 rings (SSSR count). The molecule has 0 aliphatic heterocycles. The van der Waals surface area contributed by atoms with Crippen molar-refractivity contribution in [3.05, 3.63) is 45.8 Å². The molecule has 0 bridgehead atoms. The first-order valence-corrected chi connectivity index (χ1v) is 7.53. The number of nitrogens with one attached hydrogen (secondary N) is 1. The van der Waals surface area contributed by atoms with Gasteiger partial charge in [-0.3, -0.25) is 10.1 Å². The molecule has 24 heavy (non-hydrogen) atoms. The molecule has 0 saturated heterocycles. The van der Waals surface area contributed by atoms with Crippen molar-refractivity contribution in [2.45, 2.75) is 32.9 Å². The first-order chi connectivity index (χ1) is 11.5. The van der Waals surface area contributed by atoms with Crippen LogP contribution in [0.5, 0.6) is 0 Å². The number of nitro groups is 1. The van der Waals surface area contributed by atoms with Gasteiger partial charge in [-0.2, -0.15) is 15.0 Å². The summed E-state index contributed by atoms with van der Waals surface area (Å²) in [5.41, 5.74) is 6.54. The molecule has 9 nitrogen and oxygen atoms in total. The molecule has 1 aromatic heterocycles. The fourth-order valence-corrected chi connectivity index (χ4v) is 2.04. The van der Waals surface area contributed by atoms with Gasteiger partial charge in [0.15, 0.2) is 0 Å². The number of nitro benzene ring substituents is 1. The Balaban J connectivity index is 1.85. The van der Waals surface area contributed by atoms with Crippen LogP contribution in [0.4, 0.5) is 17.6 Å². The fourth-order valence-electron chi connectivity index (χ4n) is 2.04. The molecular formula is C15H20N6O3. The standard InChI is InChI=1S/C15H20N6O3/c1-3-12(19-15-18-10(2)17-14(16)20-15)9-24-8-11-4-6-13(7-5-11)21(22)23/h4-7,12H,3,8-9H2,1-2H3,(H3,16,17,18,19,20). The molecule has 0 aliphatic carbocycles. The minimum absolute atomic E-state index is 0.0178. The molecule has 1 unspecified atom stereocenters. The van der Waals surface area contributed by atoms with Gasteiger partial charge in [0.1, 0.15) is 5.82 Å². The molecular weight excluding hydrogens is 312 g/mol.